The number of nitrogens with zero attached hydrogens (tertiary/aromatic N) is 1. The zero-order valence-corrected chi connectivity index (χ0v) is 17.7. The molecule has 0 unspecified atom stereocenters. The summed E-state index contributed by atoms with van der Waals surface area (Å²) in [5.41, 5.74) is -0.309. The van der Waals surface area contributed by atoms with Crippen LogP contribution in [-0.2, 0) is 20.7 Å². The van der Waals surface area contributed by atoms with Crippen molar-refractivity contribution in [3.05, 3.63) is 41.3 Å². The first-order chi connectivity index (χ1) is 14.7. The van der Waals surface area contributed by atoms with Crippen LogP contribution in [0.1, 0.15) is 42.5 Å². The molecule has 1 amide bonds. The lowest BCUT2D eigenvalue weighted by molar-refractivity contribution is -0.162. The van der Waals surface area contributed by atoms with Crippen LogP contribution in [0.5, 0.6) is 5.75 Å². The maximum Gasteiger partial charge on any atom is 0.516 e. The van der Waals surface area contributed by atoms with Crippen molar-refractivity contribution in [2.75, 3.05) is 12.1 Å². The summed E-state index contributed by atoms with van der Waals surface area (Å²) in [7, 11) is 0. The molecule has 0 saturated heterocycles. The summed E-state index contributed by atoms with van der Waals surface area (Å²) in [4.78, 5) is 39.7. The number of carbonyl (C=O) groups excluding carboxylic acids is 3. The highest BCUT2D eigenvalue weighted by Gasteiger charge is 2.30. The van der Waals surface area contributed by atoms with E-state index < -0.39 is 54.6 Å². The quantitative estimate of drug-likeness (QED) is 0.385. The molecule has 0 bridgehead atoms. The number of benzene rings is 1. The number of alkyl halides is 3. The number of ether oxygens (including phenoxy) is 3. The van der Waals surface area contributed by atoms with Crippen LogP contribution >= 0.6 is 0 Å². The van der Waals surface area contributed by atoms with Crippen LogP contribution in [0.15, 0.2) is 28.8 Å². The molecule has 1 aromatic heterocycles. The van der Waals surface area contributed by atoms with Crippen LogP contribution < -0.4 is 10.1 Å². The van der Waals surface area contributed by atoms with Crippen molar-refractivity contribution in [3.8, 4) is 5.75 Å². The Balaban J connectivity index is 2.03. The van der Waals surface area contributed by atoms with Crippen molar-refractivity contribution in [1.29, 1.82) is 0 Å². The van der Waals surface area contributed by atoms with Gasteiger partial charge in [0.25, 0.3) is 5.91 Å². The van der Waals surface area contributed by atoms with Crippen LogP contribution in [0.25, 0.3) is 0 Å². The Kier molecular flexibility index (Phi) is 7.49. The van der Waals surface area contributed by atoms with Gasteiger partial charge in [0.15, 0.2) is 0 Å². The van der Waals surface area contributed by atoms with Gasteiger partial charge < -0.3 is 18.6 Å². The molecule has 0 fully saturated rings. The SMILES string of the molecule is Cc1ccc(C(=O)Nc2ncc(CC(F)(F)F)o2)c(OC(=O)OCOC(=O)C(C)(C)C)c1. The molecule has 2 rings (SSSR count). The lowest BCUT2D eigenvalue weighted by atomic mass is 9.98. The van der Waals surface area contributed by atoms with Gasteiger partial charge in [-0.3, -0.25) is 14.9 Å². The smallest absolute Gasteiger partial charge is 0.428 e. The van der Waals surface area contributed by atoms with Crippen molar-refractivity contribution in [3.63, 3.8) is 0 Å². The molecule has 1 heterocycles. The lowest BCUT2D eigenvalue weighted by Gasteiger charge is -2.16. The monoisotopic (exact) mass is 458 g/mol. The highest BCUT2D eigenvalue weighted by atomic mass is 19.4. The molecule has 0 atom stereocenters. The number of oxazole rings is 1. The third kappa shape index (κ3) is 7.60. The fourth-order valence-electron chi connectivity index (χ4n) is 2.18. The fraction of sp³-hybridized carbons (Fsp3) is 0.400. The molecule has 32 heavy (non-hydrogen) atoms. The van der Waals surface area contributed by atoms with Gasteiger partial charge in [-0.1, -0.05) is 6.07 Å². The zero-order valence-electron chi connectivity index (χ0n) is 17.7. The minimum atomic E-state index is -4.50. The van der Waals surface area contributed by atoms with Crippen molar-refractivity contribution >= 4 is 24.0 Å². The molecule has 1 N–H and O–H groups in total. The number of aromatic nitrogens is 1. The van der Waals surface area contributed by atoms with Crippen LogP contribution in [0.2, 0.25) is 0 Å². The molecule has 9 nitrogen and oxygen atoms in total. The molecular formula is C20H21F3N2O7. The van der Waals surface area contributed by atoms with Gasteiger partial charge in [-0.15, -0.1) is 0 Å². The van der Waals surface area contributed by atoms with Gasteiger partial charge in [0, 0.05) is 0 Å². The third-order valence-electron chi connectivity index (χ3n) is 3.70. The Morgan fingerprint density at radius 1 is 1.12 bits per heavy atom. The molecule has 0 aliphatic heterocycles. The van der Waals surface area contributed by atoms with Crippen molar-refractivity contribution < 1.29 is 46.2 Å². The summed E-state index contributed by atoms with van der Waals surface area (Å²) in [5.74, 6) is -2.14. The molecule has 0 saturated carbocycles. The summed E-state index contributed by atoms with van der Waals surface area (Å²) in [5, 5.41) is 2.19. The molecule has 0 aliphatic carbocycles. The molecule has 1 aromatic carbocycles. The lowest BCUT2D eigenvalue weighted by Crippen LogP contribution is -2.25. The molecule has 174 valence electrons. The van der Waals surface area contributed by atoms with Crippen molar-refractivity contribution in [1.82, 2.24) is 4.98 Å². The van der Waals surface area contributed by atoms with Crippen LogP contribution in [0.3, 0.4) is 0 Å². The molecule has 0 aliphatic rings. The van der Waals surface area contributed by atoms with E-state index in [1.807, 2.05) is 0 Å². The fourth-order valence-corrected chi connectivity index (χ4v) is 2.18. The molecule has 0 spiro atoms. The average Bonchev–Trinajstić information content (AvgIpc) is 3.05. The Morgan fingerprint density at radius 3 is 2.44 bits per heavy atom. The number of hydrogen-bond acceptors (Lipinski definition) is 8. The summed E-state index contributed by atoms with van der Waals surface area (Å²) in [6.45, 7) is 5.82. The number of aryl methyl sites for hydroxylation is 1. The predicted octanol–water partition coefficient (Wildman–Crippen LogP) is 4.40. The highest BCUT2D eigenvalue weighted by Crippen LogP contribution is 2.25. The first-order valence-corrected chi connectivity index (χ1v) is 9.20. The van der Waals surface area contributed by atoms with Gasteiger partial charge in [-0.05, 0) is 45.4 Å². The predicted molar refractivity (Wildman–Crippen MR) is 103 cm³/mol. The minimum absolute atomic E-state index is 0.144. The van der Waals surface area contributed by atoms with E-state index in [4.69, 9.17) is 13.9 Å². The van der Waals surface area contributed by atoms with E-state index in [1.54, 1.807) is 33.8 Å². The molecule has 2 aromatic rings. The normalized spacial score (nSPS) is 11.6. The zero-order chi connectivity index (χ0) is 24.1. The van der Waals surface area contributed by atoms with Gasteiger partial charge in [-0.25, -0.2) is 9.78 Å². The topological polar surface area (TPSA) is 117 Å². The third-order valence-corrected chi connectivity index (χ3v) is 3.70. The second kappa shape index (κ2) is 9.71. The summed E-state index contributed by atoms with van der Waals surface area (Å²) >= 11 is 0. The number of nitrogens with one attached hydrogen (secondary N) is 1. The number of rotatable bonds is 6. The Hall–Kier alpha value is -3.57. The van der Waals surface area contributed by atoms with Crippen LogP contribution in [0, 0.1) is 12.3 Å². The molecule has 0 radical (unpaired) electrons. The highest BCUT2D eigenvalue weighted by molar-refractivity contribution is 6.05. The Bertz CT molecular complexity index is 994. The standard InChI is InChI=1S/C20H21F3N2O7/c1-11-5-6-13(15(26)25-17-24-9-12(31-17)8-20(21,22)23)14(7-11)32-18(28)30-10-29-16(27)19(2,3)4/h5-7,9H,8,10H2,1-4H3,(H,24,25,26). The van der Waals surface area contributed by atoms with E-state index in [9.17, 15) is 27.6 Å². The summed E-state index contributed by atoms with van der Waals surface area (Å²) < 4.78 is 56.6. The first kappa shape index (κ1) is 24.7. The van der Waals surface area contributed by atoms with E-state index in [2.05, 4.69) is 15.0 Å². The second-order valence-electron chi connectivity index (χ2n) is 7.67. The van der Waals surface area contributed by atoms with E-state index >= 15 is 0 Å². The first-order valence-electron chi connectivity index (χ1n) is 9.20. The van der Waals surface area contributed by atoms with E-state index in [0.29, 0.717) is 5.56 Å². The van der Waals surface area contributed by atoms with Crippen molar-refractivity contribution in [2.45, 2.75) is 40.3 Å². The molecule has 12 heteroatoms. The number of anilines is 1. The number of esters is 1. The van der Waals surface area contributed by atoms with Gasteiger partial charge in [0.2, 0.25) is 6.79 Å². The summed E-state index contributed by atoms with van der Waals surface area (Å²) in [6.07, 6.45) is -6.25. The maximum atomic E-state index is 12.5. The van der Waals surface area contributed by atoms with E-state index in [0.717, 1.165) is 6.20 Å². The van der Waals surface area contributed by atoms with Crippen LogP contribution in [0.4, 0.5) is 24.0 Å². The van der Waals surface area contributed by atoms with Gasteiger partial charge in [0.1, 0.15) is 17.9 Å². The number of hydrogen-bond donors (Lipinski definition) is 1. The number of halogens is 3. The van der Waals surface area contributed by atoms with Gasteiger partial charge >= 0.3 is 24.3 Å². The van der Waals surface area contributed by atoms with E-state index in [-0.39, 0.29) is 11.3 Å². The Labute approximate surface area is 180 Å². The number of amides is 1. The minimum Gasteiger partial charge on any atom is -0.428 e. The van der Waals surface area contributed by atoms with Crippen LogP contribution in [-0.4, -0.2) is 36.0 Å². The summed E-state index contributed by atoms with van der Waals surface area (Å²) in [6, 6.07) is 3.77. The van der Waals surface area contributed by atoms with E-state index in [1.165, 1.54) is 12.1 Å². The molecular weight excluding hydrogens is 437 g/mol. The number of carbonyl (C=O) groups is 3. The van der Waals surface area contributed by atoms with Gasteiger partial charge in [0.05, 0.1) is 17.2 Å². The Morgan fingerprint density at radius 2 is 1.81 bits per heavy atom. The maximum absolute atomic E-state index is 12.5. The second-order valence-corrected chi connectivity index (χ2v) is 7.67. The van der Waals surface area contributed by atoms with Gasteiger partial charge in [-0.2, -0.15) is 13.2 Å². The largest absolute Gasteiger partial charge is 0.516 e. The average molecular weight is 458 g/mol. The van der Waals surface area contributed by atoms with Crippen molar-refractivity contribution in [2.24, 2.45) is 5.41 Å².